The molecule has 4 aromatic rings. The van der Waals surface area contributed by atoms with Gasteiger partial charge in [-0.3, -0.25) is 14.2 Å². The number of nitrogens with one attached hydrogen (secondary N) is 1. The van der Waals surface area contributed by atoms with Crippen LogP contribution in [0.15, 0.2) is 56.8 Å². The molecule has 0 aliphatic heterocycles. The Morgan fingerprint density at radius 1 is 1.27 bits per heavy atom. The molecular weight excluding hydrogens is 496 g/mol. The summed E-state index contributed by atoms with van der Waals surface area (Å²) in [4.78, 5) is 33.9. The van der Waals surface area contributed by atoms with Gasteiger partial charge < -0.3 is 0 Å². The van der Waals surface area contributed by atoms with Gasteiger partial charge in [-0.25, -0.2) is 10.4 Å². The molecule has 10 heteroatoms. The predicted molar refractivity (Wildman–Crippen MR) is 138 cm³/mol. The minimum absolute atomic E-state index is 0.0812. The van der Waals surface area contributed by atoms with Gasteiger partial charge in [-0.1, -0.05) is 29.4 Å². The Balaban J connectivity index is 1.46. The standard InChI is InChI=1S/C23H19ClN4O2S3/c1-13(17-6-3-11-31-17)26-27-19(29)12-32-23-25-21-20(16-4-2-5-18(16)33-21)22(30)28(23)15-9-7-14(24)8-10-15/h3,6-11H,2,4-5,12H2,1H3,(H,27,29). The summed E-state index contributed by atoms with van der Waals surface area (Å²) in [5.74, 6) is -0.181. The summed E-state index contributed by atoms with van der Waals surface area (Å²) in [6, 6.07) is 11.0. The number of thiophene rings is 2. The predicted octanol–water partition coefficient (Wildman–Crippen LogP) is 5.28. The molecule has 0 fully saturated rings. The second-order valence-corrected chi connectivity index (χ2v) is 11.0. The second-order valence-electron chi connectivity index (χ2n) is 7.55. The van der Waals surface area contributed by atoms with Gasteiger partial charge in [0.2, 0.25) is 0 Å². The molecule has 0 atom stereocenters. The van der Waals surface area contributed by atoms with Crippen molar-refractivity contribution in [3.05, 3.63) is 72.5 Å². The quantitative estimate of drug-likeness (QED) is 0.164. The third kappa shape index (κ3) is 4.50. The lowest BCUT2D eigenvalue weighted by Crippen LogP contribution is -2.24. The van der Waals surface area contributed by atoms with E-state index < -0.39 is 0 Å². The first-order valence-electron chi connectivity index (χ1n) is 10.3. The second kappa shape index (κ2) is 9.42. The molecule has 33 heavy (non-hydrogen) atoms. The van der Waals surface area contributed by atoms with Crippen LogP contribution in [0.25, 0.3) is 15.9 Å². The third-order valence-electron chi connectivity index (χ3n) is 5.35. The van der Waals surface area contributed by atoms with Crippen molar-refractivity contribution in [3.63, 3.8) is 0 Å². The number of amides is 1. The van der Waals surface area contributed by atoms with Gasteiger partial charge in [0.05, 0.1) is 22.5 Å². The van der Waals surface area contributed by atoms with Crippen LogP contribution in [-0.2, 0) is 17.6 Å². The molecule has 1 aromatic carbocycles. The van der Waals surface area contributed by atoms with Crippen molar-refractivity contribution in [2.45, 2.75) is 31.3 Å². The summed E-state index contributed by atoms with van der Waals surface area (Å²) < 4.78 is 1.59. The molecule has 0 saturated carbocycles. The highest BCUT2D eigenvalue weighted by atomic mass is 35.5. The number of fused-ring (bicyclic) bond motifs is 3. The minimum Gasteiger partial charge on any atom is -0.272 e. The van der Waals surface area contributed by atoms with E-state index in [1.807, 2.05) is 24.4 Å². The van der Waals surface area contributed by atoms with Gasteiger partial charge >= 0.3 is 0 Å². The fourth-order valence-electron chi connectivity index (χ4n) is 3.79. The van der Waals surface area contributed by atoms with Gasteiger partial charge in [0.1, 0.15) is 4.83 Å². The lowest BCUT2D eigenvalue weighted by molar-refractivity contribution is -0.118. The molecule has 0 radical (unpaired) electrons. The summed E-state index contributed by atoms with van der Waals surface area (Å²) in [5.41, 5.74) is 5.04. The molecule has 6 nitrogen and oxygen atoms in total. The normalized spacial score (nSPS) is 13.5. The van der Waals surface area contributed by atoms with E-state index in [9.17, 15) is 9.59 Å². The average molecular weight is 515 g/mol. The van der Waals surface area contributed by atoms with Crippen LogP contribution in [0.1, 0.15) is 28.7 Å². The van der Waals surface area contributed by atoms with E-state index >= 15 is 0 Å². The summed E-state index contributed by atoms with van der Waals surface area (Å²) in [6.07, 6.45) is 2.96. The topological polar surface area (TPSA) is 76.3 Å². The molecule has 0 bridgehead atoms. The summed E-state index contributed by atoms with van der Waals surface area (Å²) in [6.45, 7) is 1.85. The number of aryl methyl sites for hydroxylation is 2. The van der Waals surface area contributed by atoms with Crippen molar-refractivity contribution in [1.82, 2.24) is 15.0 Å². The van der Waals surface area contributed by atoms with Crippen LogP contribution in [0.4, 0.5) is 0 Å². The van der Waals surface area contributed by atoms with E-state index in [2.05, 4.69) is 10.5 Å². The van der Waals surface area contributed by atoms with E-state index in [0.29, 0.717) is 21.3 Å². The number of benzene rings is 1. The number of rotatable bonds is 6. The van der Waals surface area contributed by atoms with Crippen molar-refractivity contribution >= 4 is 67.9 Å². The zero-order valence-corrected chi connectivity index (χ0v) is 20.8. The van der Waals surface area contributed by atoms with Crippen molar-refractivity contribution in [2.24, 2.45) is 5.10 Å². The Bertz CT molecular complexity index is 1420. The molecule has 1 amide bonds. The summed E-state index contributed by atoms with van der Waals surface area (Å²) >= 11 is 10.4. The van der Waals surface area contributed by atoms with Gasteiger partial charge in [-0.2, -0.15) is 5.10 Å². The number of halogens is 1. The third-order valence-corrected chi connectivity index (χ3v) is 8.71. The number of aromatic nitrogens is 2. The van der Waals surface area contributed by atoms with Crippen molar-refractivity contribution in [3.8, 4) is 5.69 Å². The highest BCUT2D eigenvalue weighted by molar-refractivity contribution is 7.99. The number of hydrogen-bond donors (Lipinski definition) is 1. The minimum atomic E-state index is -0.262. The zero-order chi connectivity index (χ0) is 22.9. The van der Waals surface area contributed by atoms with Crippen LogP contribution >= 0.6 is 46.0 Å². The monoisotopic (exact) mass is 514 g/mol. The van der Waals surface area contributed by atoms with Gasteiger partial charge in [0.25, 0.3) is 11.5 Å². The Labute approximate surface area is 207 Å². The molecule has 0 saturated heterocycles. The maximum atomic E-state index is 13.6. The molecule has 3 heterocycles. The van der Waals surface area contributed by atoms with E-state index in [1.165, 1.54) is 16.6 Å². The van der Waals surface area contributed by atoms with Crippen molar-refractivity contribution in [2.75, 3.05) is 5.75 Å². The Morgan fingerprint density at radius 2 is 2.09 bits per heavy atom. The summed E-state index contributed by atoms with van der Waals surface area (Å²) in [5, 5.41) is 7.91. The first-order chi connectivity index (χ1) is 16.0. The van der Waals surface area contributed by atoms with E-state index in [1.54, 1.807) is 51.5 Å². The number of thioether (sulfide) groups is 1. The van der Waals surface area contributed by atoms with E-state index in [4.69, 9.17) is 16.6 Å². The maximum absolute atomic E-state index is 13.6. The zero-order valence-electron chi connectivity index (χ0n) is 17.6. The van der Waals surface area contributed by atoms with Crippen LogP contribution in [0.2, 0.25) is 5.02 Å². The molecule has 1 aliphatic rings. The Morgan fingerprint density at radius 3 is 2.85 bits per heavy atom. The van der Waals surface area contributed by atoms with Crippen LogP contribution in [0, 0.1) is 0 Å². The molecule has 3 aromatic heterocycles. The summed E-state index contributed by atoms with van der Waals surface area (Å²) in [7, 11) is 0. The maximum Gasteiger partial charge on any atom is 0.267 e. The van der Waals surface area contributed by atoms with Crippen molar-refractivity contribution in [1.29, 1.82) is 0 Å². The lowest BCUT2D eigenvalue weighted by Gasteiger charge is -2.12. The SMILES string of the molecule is CC(=NNC(=O)CSc1nc2sc3c(c2c(=O)n1-c1ccc(Cl)cc1)CCC3)c1cccs1. The fraction of sp³-hybridized carbons (Fsp3) is 0.217. The molecule has 168 valence electrons. The first kappa shape index (κ1) is 22.3. The molecule has 0 unspecified atom stereocenters. The molecule has 1 aliphatic carbocycles. The molecular formula is C23H19ClN4O2S3. The fourth-order valence-corrected chi connectivity index (χ4v) is 6.70. The number of hydrazone groups is 1. The van der Waals surface area contributed by atoms with Crippen molar-refractivity contribution < 1.29 is 4.79 Å². The number of carbonyl (C=O) groups excluding carboxylic acids is 1. The van der Waals surface area contributed by atoms with Gasteiger partial charge in [0.15, 0.2) is 5.16 Å². The number of nitrogens with zero attached hydrogens (tertiary/aromatic N) is 3. The highest BCUT2D eigenvalue weighted by Gasteiger charge is 2.24. The molecule has 5 rings (SSSR count). The van der Waals surface area contributed by atoms with Crippen LogP contribution < -0.4 is 11.0 Å². The van der Waals surface area contributed by atoms with E-state index in [-0.39, 0.29) is 17.2 Å². The van der Waals surface area contributed by atoms with Gasteiger partial charge in [0, 0.05) is 14.8 Å². The average Bonchev–Trinajstić information content (AvgIpc) is 3.54. The molecule has 1 N–H and O–H groups in total. The first-order valence-corrected chi connectivity index (χ1v) is 13.4. The molecule has 0 spiro atoms. The van der Waals surface area contributed by atoms with Crippen LogP contribution in [0.5, 0.6) is 0 Å². The largest absolute Gasteiger partial charge is 0.272 e. The van der Waals surface area contributed by atoms with Crippen LogP contribution in [-0.4, -0.2) is 26.9 Å². The number of hydrogen-bond acceptors (Lipinski definition) is 7. The lowest BCUT2D eigenvalue weighted by atomic mass is 10.2. The smallest absolute Gasteiger partial charge is 0.267 e. The number of carbonyl (C=O) groups is 1. The van der Waals surface area contributed by atoms with Crippen LogP contribution in [0.3, 0.4) is 0 Å². The van der Waals surface area contributed by atoms with Gasteiger partial charge in [-0.05, 0) is 67.5 Å². The Kier molecular flexibility index (Phi) is 6.38. The Hall–Kier alpha value is -2.46. The van der Waals surface area contributed by atoms with Gasteiger partial charge in [-0.15, -0.1) is 22.7 Å². The van der Waals surface area contributed by atoms with E-state index in [0.717, 1.165) is 40.2 Å². The highest BCUT2D eigenvalue weighted by Crippen LogP contribution is 2.36.